The van der Waals surface area contributed by atoms with Gasteiger partial charge in [0.25, 0.3) is 0 Å². The van der Waals surface area contributed by atoms with E-state index in [0.29, 0.717) is 0 Å². The molecule has 0 fully saturated rings. The van der Waals surface area contributed by atoms with E-state index >= 15 is 0 Å². The normalized spacial score (nSPS) is 11.5. The molecule has 1 aromatic heterocycles. The smallest absolute Gasteiger partial charge is 0.0541 e. The summed E-state index contributed by atoms with van der Waals surface area (Å²) in [6.45, 7) is 0. The molecule has 0 radical (unpaired) electrons. The summed E-state index contributed by atoms with van der Waals surface area (Å²) in [6.07, 6.45) is 0. The second kappa shape index (κ2) is 12.5. The standard InChI is InChI=1S/C50H34N2/c1-2-12-37(13-3-1)44-16-6-9-19-48(44)51(42-33-28-39-23-22-38-14-4-5-15-43(38)47(39)34-42)40-29-24-35(25-30-40)36-26-31-41(32-27-36)52-49-20-10-7-17-45(49)46-18-8-11-21-50(46)52/h1-34H. The predicted molar refractivity (Wildman–Crippen MR) is 221 cm³/mol. The molecule has 0 aliphatic carbocycles. The van der Waals surface area contributed by atoms with Crippen LogP contribution >= 0.6 is 0 Å². The van der Waals surface area contributed by atoms with E-state index in [4.69, 9.17) is 0 Å². The maximum atomic E-state index is 2.40. The Kier molecular flexibility index (Phi) is 7.18. The number of anilines is 3. The largest absolute Gasteiger partial charge is 0.310 e. The van der Waals surface area contributed by atoms with Crippen molar-refractivity contribution >= 4 is 60.4 Å². The third-order valence-electron chi connectivity index (χ3n) is 10.4. The Morgan fingerprint density at radius 3 is 1.56 bits per heavy atom. The second-order valence-electron chi connectivity index (χ2n) is 13.4. The maximum absolute atomic E-state index is 2.40. The van der Waals surface area contributed by atoms with Crippen molar-refractivity contribution in [2.24, 2.45) is 0 Å². The zero-order chi connectivity index (χ0) is 34.4. The lowest BCUT2D eigenvalue weighted by molar-refractivity contribution is 1.18. The molecule has 0 spiro atoms. The molecule has 0 N–H and O–H groups in total. The van der Waals surface area contributed by atoms with Crippen molar-refractivity contribution in [2.45, 2.75) is 0 Å². The lowest BCUT2D eigenvalue weighted by atomic mass is 9.99. The van der Waals surface area contributed by atoms with Gasteiger partial charge >= 0.3 is 0 Å². The van der Waals surface area contributed by atoms with E-state index < -0.39 is 0 Å². The first-order valence-corrected chi connectivity index (χ1v) is 17.9. The third kappa shape index (κ3) is 5.04. The van der Waals surface area contributed by atoms with E-state index in [2.05, 4.69) is 216 Å². The molecule has 0 aliphatic heterocycles. The van der Waals surface area contributed by atoms with Gasteiger partial charge in [-0.2, -0.15) is 0 Å². The summed E-state index contributed by atoms with van der Waals surface area (Å²) < 4.78 is 2.37. The Hall–Kier alpha value is -6.90. The van der Waals surface area contributed by atoms with Crippen molar-refractivity contribution in [3.8, 4) is 27.9 Å². The Labute approximate surface area is 303 Å². The van der Waals surface area contributed by atoms with Gasteiger partial charge in [-0.3, -0.25) is 0 Å². The van der Waals surface area contributed by atoms with Gasteiger partial charge in [-0.1, -0.05) is 152 Å². The summed E-state index contributed by atoms with van der Waals surface area (Å²) >= 11 is 0. The van der Waals surface area contributed by atoms with Gasteiger partial charge in [-0.05, 0) is 92.8 Å². The summed E-state index contributed by atoms with van der Waals surface area (Å²) in [6, 6.07) is 74.7. The molecule has 0 saturated heterocycles. The van der Waals surface area contributed by atoms with Gasteiger partial charge in [0.15, 0.2) is 0 Å². The van der Waals surface area contributed by atoms with Crippen molar-refractivity contribution in [1.29, 1.82) is 0 Å². The maximum Gasteiger partial charge on any atom is 0.0541 e. The molecule has 2 heteroatoms. The molecule has 52 heavy (non-hydrogen) atoms. The molecule has 9 aromatic carbocycles. The quantitative estimate of drug-likeness (QED) is 0.161. The van der Waals surface area contributed by atoms with Crippen molar-refractivity contribution in [1.82, 2.24) is 4.57 Å². The minimum absolute atomic E-state index is 1.11. The number of fused-ring (bicyclic) bond motifs is 6. The number of aromatic nitrogens is 1. The Morgan fingerprint density at radius 2 is 0.846 bits per heavy atom. The van der Waals surface area contributed by atoms with Crippen LogP contribution in [0.25, 0.3) is 71.3 Å². The minimum Gasteiger partial charge on any atom is -0.310 e. The van der Waals surface area contributed by atoms with E-state index in [-0.39, 0.29) is 0 Å². The molecule has 0 saturated carbocycles. The molecule has 244 valence electrons. The first kappa shape index (κ1) is 30.0. The fraction of sp³-hybridized carbons (Fsp3) is 0. The first-order chi connectivity index (χ1) is 25.8. The van der Waals surface area contributed by atoms with Crippen LogP contribution in [-0.4, -0.2) is 4.57 Å². The second-order valence-corrected chi connectivity index (χ2v) is 13.4. The Morgan fingerprint density at radius 1 is 0.327 bits per heavy atom. The zero-order valence-electron chi connectivity index (χ0n) is 28.5. The number of benzene rings is 9. The highest BCUT2D eigenvalue weighted by molar-refractivity contribution is 6.10. The summed E-state index contributed by atoms with van der Waals surface area (Å²) in [4.78, 5) is 2.40. The average molecular weight is 663 g/mol. The van der Waals surface area contributed by atoms with Crippen molar-refractivity contribution in [2.75, 3.05) is 4.90 Å². The van der Waals surface area contributed by atoms with Gasteiger partial charge in [-0.25, -0.2) is 0 Å². The van der Waals surface area contributed by atoms with Gasteiger partial charge < -0.3 is 9.47 Å². The van der Waals surface area contributed by atoms with E-state index in [9.17, 15) is 0 Å². The first-order valence-electron chi connectivity index (χ1n) is 17.9. The molecule has 0 unspecified atom stereocenters. The molecule has 1 heterocycles. The summed E-state index contributed by atoms with van der Waals surface area (Å²) in [7, 11) is 0. The lowest BCUT2D eigenvalue weighted by Gasteiger charge is -2.28. The molecule has 0 bridgehead atoms. The van der Waals surface area contributed by atoms with E-state index in [1.54, 1.807) is 0 Å². The fourth-order valence-electron chi connectivity index (χ4n) is 7.89. The van der Waals surface area contributed by atoms with Gasteiger partial charge in [0.2, 0.25) is 0 Å². The van der Waals surface area contributed by atoms with Gasteiger partial charge in [-0.15, -0.1) is 0 Å². The van der Waals surface area contributed by atoms with Crippen LogP contribution in [0.4, 0.5) is 17.1 Å². The van der Waals surface area contributed by atoms with Crippen molar-refractivity contribution in [3.05, 3.63) is 206 Å². The molecular weight excluding hydrogens is 629 g/mol. The van der Waals surface area contributed by atoms with Crippen LogP contribution in [0.15, 0.2) is 206 Å². The number of rotatable bonds is 6. The SMILES string of the molecule is c1ccc(-c2ccccc2N(c2ccc(-c3ccc(-n4c5ccccc5c5ccccc54)cc3)cc2)c2ccc3ccc4ccccc4c3c2)cc1. The molecule has 10 aromatic rings. The van der Waals surface area contributed by atoms with E-state index in [1.807, 2.05) is 0 Å². The van der Waals surface area contributed by atoms with Gasteiger partial charge in [0.1, 0.15) is 0 Å². The van der Waals surface area contributed by atoms with Gasteiger partial charge in [0, 0.05) is 33.4 Å². The molecular formula is C50H34N2. The van der Waals surface area contributed by atoms with Crippen LogP contribution < -0.4 is 4.90 Å². The minimum atomic E-state index is 1.11. The highest BCUT2D eigenvalue weighted by Crippen LogP contribution is 2.43. The fourth-order valence-corrected chi connectivity index (χ4v) is 7.89. The lowest BCUT2D eigenvalue weighted by Crippen LogP contribution is -2.11. The number of para-hydroxylation sites is 3. The van der Waals surface area contributed by atoms with E-state index in [0.717, 1.165) is 22.7 Å². The molecule has 0 atom stereocenters. The summed E-state index contributed by atoms with van der Waals surface area (Å²) in [5.41, 5.74) is 11.7. The highest BCUT2D eigenvalue weighted by Gasteiger charge is 2.18. The average Bonchev–Trinajstić information content (AvgIpc) is 3.56. The molecule has 0 aliphatic rings. The summed E-state index contributed by atoms with van der Waals surface area (Å²) in [5.74, 6) is 0. The van der Waals surface area contributed by atoms with Crippen LogP contribution in [0.5, 0.6) is 0 Å². The Balaban J connectivity index is 1.07. The molecule has 2 nitrogen and oxygen atoms in total. The monoisotopic (exact) mass is 662 g/mol. The van der Waals surface area contributed by atoms with Crippen LogP contribution in [0, 0.1) is 0 Å². The molecule has 10 rings (SSSR count). The zero-order valence-corrected chi connectivity index (χ0v) is 28.5. The van der Waals surface area contributed by atoms with E-state index in [1.165, 1.54) is 65.6 Å². The van der Waals surface area contributed by atoms with Crippen molar-refractivity contribution in [3.63, 3.8) is 0 Å². The van der Waals surface area contributed by atoms with Crippen molar-refractivity contribution < 1.29 is 0 Å². The topological polar surface area (TPSA) is 8.17 Å². The van der Waals surface area contributed by atoms with Crippen LogP contribution in [0.1, 0.15) is 0 Å². The van der Waals surface area contributed by atoms with Gasteiger partial charge in [0.05, 0.1) is 16.7 Å². The number of hydrogen-bond donors (Lipinski definition) is 0. The number of nitrogens with zero attached hydrogens (tertiary/aromatic N) is 2. The van der Waals surface area contributed by atoms with Crippen LogP contribution in [-0.2, 0) is 0 Å². The molecule has 0 amide bonds. The third-order valence-corrected chi connectivity index (χ3v) is 10.4. The highest BCUT2D eigenvalue weighted by atomic mass is 15.1. The van der Waals surface area contributed by atoms with Crippen LogP contribution in [0.2, 0.25) is 0 Å². The summed E-state index contributed by atoms with van der Waals surface area (Å²) in [5, 5.41) is 7.54. The predicted octanol–water partition coefficient (Wildman–Crippen LogP) is 13.9. The number of hydrogen-bond acceptors (Lipinski definition) is 1. The Bertz CT molecular complexity index is 2830. The van der Waals surface area contributed by atoms with Crippen LogP contribution in [0.3, 0.4) is 0 Å².